The van der Waals surface area contributed by atoms with Crippen LogP contribution in [0.2, 0.25) is 0 Å². The van der Waals surface area contributed by atoms with Gasteiger partial charge in [0.25, 0.3) is 0 Å². The number of aryl methyl sites for hydroxylation is 5. The molecule has 0 saturated heterocycles. The highest BCUT2D eigenvalue weighted by Crippen LogP contribution is 2.26. The maximum atomic E-state index is 10.7. The number of hydrogen-bond acceptors (Lipinski definition) is 21. The number of carbonyl (C=O) groups is 2. The second-order valence-corrected chi connectivity index (χ2v) is 32.7. The molecular formula is C77H107N8O14S7+3. The standard InChI is InChI=1S/C34H40N4S2.C20H24N2O2S2.C7H10N.C6H7N.C6H12.C2H6O4S.2CH4O4S/c1-35-21-17-31(18-22-35)7-5-29-9-13-33(14-10-29)37(3)25-27-39-40-28-26-38(4)34-15-11-30(12-16-34)6-8-32-19-23-36(2)24-20-32;1-21(19-7-3-17(15-23)4-8-19)11-13-25-26-14-12-22(2)20-9-5-18(16-24)6-10-20;1-7-3-5-8(2)6-4-7;1-6-2-4-7-5-3-6;1-2-4-6-5-3-1;1-5-7(3,4)6-2;2*1-5-6(2,3)4/h5-24H,25-28H2,1-4H3;3-10,15-16H,11-14H2,1-2H3;3-6H,1-2H3;2-5H,1H3;1-6H2;1-2H3;2*1H3,(H,2,3,4)/q+2;;+1;;;;;. The fourth-order valence-corrected chi connectivity index (χ4v) is 12.8. The van der Waals surface area contributed by atoms with E-state index in [1.165, 1.54) is 83.3 Å². The molecule has 0 amide bonds. The summed E-state index contributed by atoms with van der Waals surface area (Å²) in [6.45, 7) is 8.10. The van der Waals surface area contributed by atoms with Crippen LogP contribution in [0.25, 0.3) is 24.3 Å². The molecule has 4 aromatic heterocycles. The lowest BCUT2D eigenvalue weighted by atomic mass is 10.0. The molecule has 4 aromatic carbocycles. The molecule has 0 unspecified atom stereocenters. The summed E-state index contributed by atoms with van der Waals surface area (Å²) in [5.41, 5.74) is 13.6. The van der Waals surface area contributed by atoms with Gasteiger partial charge in [0.2, 0.25) is 0 Å². The van der Waals surface area contributed by atoms with Gasteiger partial charge in [-0.05, 0) is 132 Å². The van der Waals surface area contributed by atoms with E-state index < -0.39 is 31.2 Å². The average Bonchev–Trinajstić information content (AvgIpc) is 0.891. The van der Waals surface area contributed by atoms with Crippen LogP contribution >= 0.6 is 43.2 Å². The first-order valence-corrected chi connectivity index (χ1v) is 42.7. The monoisotopic (exact) mass is 1590 g/mol. The number of aromatic nitrogens is 4. The molecule has 0 atom stereocenters. The average molecular weight is 1590 g/mol. The van der Waals surface area contributed by atoms with Crippen LogP contribution < -0.4 is 33.3 Å². The van der Waals surface area contributed by atoms with E-state index in [4.69, 9.17) is 9.11 Å². The molecule has 0 aliphatic heterocycles. The largest absolute Gasteiger partial charge is 0.399 e. The molecular weight excluding hydrogens is 1490 g/mol. The molecule has 9 rings (SSSR count). The van der Waals surface area contributed by atoms with Crippen molar-refractivity contribution in [2.75, 3.05) is 125 Å². The van der Waals surface area contributed by atoms with Crippen LogP contribution in [0.15, 0.2) is 195 Å². The number of carbonyl (C=O) groups excluding carboxylic acids is 2. The zero-order valence-electron chi connectivity index (χ0n) is 63.1. The molecule has 1 fully saturated rings. The molecule has 22 nitrogen and oxygen atoms in total. The first-order valence-electron chi connectivity index (χ1n) is 33.6. The Balaban J connectivity index is 0.000000486. The third-order valence-electron chi connectivity index (χ3n) is 15.1. The number of hydrogen-bond donors (Lipinski definition) is 2. The quantitative estimate of drug-likeness (QED) is 0.0152. The van der Waals surface area contributed by atoms with Gasteiger partial charge in [-0.25, -0.2) is 13.7 Å². The van der Waals surface area contributed by atoms with Gasteiger partial charge >= 0.3 is 31.2 Å². The predicted octanol–water partition coefficient (Wildman–Crippen LogP) is 13.8. The molecule has 0 spiro atoms. The van der Waals surface area contributed by atoms with Gasteiger partial charge in [0.1, 0.15) is 33.7 Å². The number of benzene rings is 4. The van der Waals surface area contributed by atoms with Gasteiger partial charge in [0.05, 0.1) is 28.4 Å². The Bertz CT molecular complexity index is 3820. The van der Waals surface area contributed by atoms with Crippen LogP contribution in [-0.2, 0) is 69.1 Å². The molecule has 578 valence electrons. The minimum Gasteiger partial charge on any atom is -0.374 e. The molecule has 29 heteroatoms. The van der Waals surface area contributed by atoms with Gasteiger partial charge < -0.3 is 19.6 Å². The first-order chi connectivity index (χ1) is 50.5. The normalized spacial score (nSPS) is 11.6. The third kappa shape index (κ3) is 47.2. The Hall–Kier alpha value is -7.49. The van der Waals surface area contributed by atoms with Crippen LogP contribution in [-0.4, -0.2) is 158 Å². The predicted molar refractivity (Wildman–Crippen MR) is 442 cm³/mol. The molecule has 106 heavy (non-hydrogen) atoms. The van der Waals surface area contributed by atoms with E-state index in [2.05, 4.69) is 210 Å². The Morgan fingerprint density at radius 2 is 0.585 bits per heavy atom. The van der Waals surface area contributed by atoms with Crippen LogP contribution in [0.1, 0.15) is 92.6 Å². The highest BCUT2D eigenvalue weighted by molar-refractivity contribution is 8.77. The van der Waals surface area contributed by atoms with Crippen molar-refractivity contribution in [1.82, 2.24) is 4.98 Å². The first kappa shape index (κ1) is 94.6. The molecule has 1 aliphatic rings. The molecule has 1 aliphatic carbocycles. The zero-order valence-corrected chi connectivity index (χ0v) is 68.8. The summed E-state index contributed by atoms with van der Waals surface area (Å²) in [5, 5.41) is 0. The number of nitrogens with zero attached hydrogens (tertiary/aromatic N) is 8. The van der Waals surface area contributed by atoms with Crippen molar-refractivity contribution in [3.05, 3.63) is 240 Å². The van der Waals surface area contributed by atoms with Crippen molar-refractivity contribution >= 4 is 134 Å². The van der Waals surface area contributed by atoms with Crippen LogP contribution in [0.4, 0.5) is 22.7 Å². The van der Waals surface area contributed by atoms with Gasteiger partial charge in [-0.2, -0.15) is 25.3 Å². The zero-order chi connectivity index (χ0) is 78.6. The van der Waals surface area contributed by atoms with Gasteiger partial charge in [-0.3, -0.25) is 40.4 Å². The smallest absolute Gasteiger partial charge is 0.374 e. The summed E-state index contributed by atoms with van der Waals surface area (Å²) in [6, 6.07) is 49.5. The minimum atomic E-state index is -4.16. The Kier molecular flexibility index (Phi) is 49.1. The van der Waals surface area contributed by atoms with Crippen LogP contribution in [0.5, 0.6) is 0 Å². The summed E-state index contributed by atoms with van der Waals surface area (Å²) < 4.78 is 93.0. The third-order valence-corrected chi connectivity index (χ3v) is 21.5. The van der Waals surface area contributed by atoms with E-state index in [1.54, 1.807) is 12.4 Å². The number of aldehydes is 2. The Morgan fingerprint density at radius 1 is 0.368 bits per heavy atom. The fraction of sp³-hybridized carbons (Fsp3) is 0.351. The SMILES string of the molecule is C1CCCCC1.CN(CCSSCCN(C)c1ccc(/C=C/c2cc[n+](C)cc2)cc1)c1ccc(/C=C/c2cc[n+](C)cc2)cc1.CN(CCSSCCN(C)c1ccc(C=O)cc1)c1ccc(C=O)cc1.COS(=O)(=O)O.COS(=O)(=O)O.COS(=O)(=O)OC.Cc1cc[n+](C)cc1.Cc1ccncc1. The van der Waals surface area contributed by atoms with E-state index >= 15 is 0 Å². The van der Waals surface area contributed by atoms with Crippen LogP contribution in [0, 0.1) is 13.8 Å². The topological polar surface area (TPSA) is 251 Å². The van der Waals surface area contributed by atoms with Gasteiger partial charge in [-0.15, -0.1) is 0 Å². The highest BCUT2D eigenvalue weighted by Gasteiger charge is 2.08. The highest BCUT2D eigenvalue weighted by atomic mass is 33.1. The van der Waals surface area contributed by atoms with E-state index in [1.807, 2.05) is 158 Å². The van der Waals surface area contributed by atoms with Crippen LogP contribution in [0.3, 0.4) is 0 Å². The lowest BCUT2D eigenvalue weighted by molar-refractivity contribution is -0.671. The lowest BCUT2D eigenvalue weighted by Gasteiger charge is -2.20. The molecule has 0 bridgehead atoms. The van der Waals surface area contributed by atoms with Crippen molar-refractivity contribution < 1.29 is 74.4 Å². The van der Waals surface area contributed by atoms with Crippen molar-refractivity contribution in [3.8, 4) is 0 Å². The van der Waals surface area contributed by atoms with Crippen molar-refractivity contribution in [3.63, 3.8) is 0 Å². The van der Waals surface area contributed by atoms with E-state index in [0.717, 1.165) is 102 Å². The summed E-state index contributed by atoms with van der Waals surface area (Å²) in [5.74, 6) is 4.26. The van der Waals surface area contributed by atoms with Crippen molar-refractivity contribution in [2.24, 2.45) is 21.1 Å². The van der Waals surface area contributed by atoms with Gasteiger partial charge in [0.15, 0.2) is 37.2 Å². The summed E-state index contributed by atoms with van der Waals surface area (Å²) in [4.78, 5) is 34.3. The fourth-order valence-electron chi connectivity index (χ4n) is 8.51. The molecule has 4 heterocycles. The minimum absolute atomic E-state index is 0.706. The van der Waals surface area contributed by atoms with Crippen molar-refractivity contribution in [1.29, 1.82) is 0 Å². The van der Waals surface area contributed by atoms with Gasteiger partial charge in [0, 0.05) is 160 Å². The Labute approximate surface area is 647 Å². The maximum absolute atomic E-state index is 10.7. The molecule has 8 aromatic rings. The second-order valence-electron chi connectivity index (χ2n) is 23.5. The second kappa shape index (κ2) is 55.0. The van der Waals surface area contributed by atoms with E-state index in [9.17, 15) is 34.8 Å². The number of anilines is 4. The number of rotatable bonds is 28. The lowest BCUT2D eigenvalue weighted by Crippen LogP contribution is -2.25. The molecule has 2 N–H and O–H groups in total. The molecule has 1 saturated carbocycles. The van der Waals surface area contributed by atoms with Crippen molar-refractivity contribution in [2.45, 2.75) is 52.4 Å². The Morgan fingerprint density at radius 3 is 0.774 bits per heavy atom. The summed E-state index contributed by atoms with van der Waals surface area (Å²) in [7, 11) is 14.0. The van der Waals surface area contributed by atoms with E-state index in [0.29, 0.717) is 11.1 Å². The summed E-state index contributed by atoms with van der Waals surface area (Å²) >= 11 is 0. The summed E-state index contributed by atoms with van der Waals surface area (Å²) in [6.07, 6.45) is 35.3. The maximum Gasteiger partial charge on any atom is 0.399 e. The number of pyridine rings is 4. The molecule has 0 radical (unpaired) electrons. The van der Waals surface area contributed by atoms with E-state index in [-0.39, 0.29) is 0 Å². The van der Waals surface area contributed by atoms with Gasteiger partial charge in [-0.1, -0.05) is 130 Å².